The minimum absolute atomic E-state index is 0.0822. The first-order chi connectivity index (χ1) is 14.4. The van der Waals surface area contributed by atoms with Crippen molar-refractivity contribution in [3.8, 4) is 0 Å². The van der Waals surface area contributed by atoms with Crippen molar-refractivity contribution in [3.05, 3.63) is 81.7 Å². The molecule has 9 heteroatoms. The number of anilines is 1. The summed E-state index contributed by atoms with van der Waals surface area (Å²) in [7, 11) is 0. The molecule has 0 atom stereocenters. The van der Waals surface area contributed by atoms with Crippen molar-refractivity contribution >= 4 is 22.8 Å². The molecule has 0 saturated carbocycles. The molecule has 0 fully saturated rings. The van der Waals surface area contributed by atoms with Gasteiger partial charge in [-0.1, -0.05) is 41.1 Å². The zero-order chi connectivity index (χ0) is 21.3. The molecule has 2 heterocycles. The average Bonchev–Trinajstić information content (AvgIpc) is 3.12. The number of aryl methyl sites for hydroxylation is 2. The molecule has 30 heavy (non-hydrogen) atoms. The van der Waals surface area contributed by atoms with Crippen LogP contribution in [0.4, 0.5) is 10.1 Å². The Labute approximate surface area is 171 Å². The normalized spacial score (nSPS) is 11.0. The van der Waals surface area contributed by atoms with Crippen molar-refractivity contribution in [2.24, 2.45) is 0 Å². The third-order valence-electron chi connectivity index (χ3n) is 4.71. The fourth-order valence-electron chi connectivity index (χ4n) is 3.00. The van der Waals surface area contributed by atoms with Crippen LogP contribution in [-0.2, 0) is 17.9 Å². The molecule has 1 amide bonds. The van der Waals surface area contributed by atoms with E-state index in [1.54, 1.807) is 23.7 Å². The number of nitrogens with zero attached hydrogens (tertiary/aromatic N) is 5. The average molecular weight is 406 g/mol. The van der Waals surface area contributed by atoms with Crippen LogP contribution < -0.4 is 10.9 Å². The van der Waals surface area contributed by atoms with Crippen molar-refractivity contribution in [2.45, 2.75) is 26.9 Å². The Balaban J connectivity index is 1.53. The molecule has 0 aliphatic carbocycles. The molecule has 0 spiro atoms. The number of rotatable bonds is 5. The number of nitrogens with one attached hydrogen (secondary N) is 1. The van der Waals surface area contributed by atoms with Gasteiger partial charge in [0.1, 0.15) is 18.7 Å². The number of hydrogen-bond donors (Lipinski definition) is 1. The maximum Gasteiger partial charge on any atom is 0.283 e. The summed E-state index contributed by atoms with van der Waals surface area (Å²) < 4.78 is 16.3. The van der Waals surface area contributed by atoms with Crippen LogP contribution in [0.1, 0.15) is 16.7 Å². The van der Waals surface area contributed by atoms with E-state index in [1.807, 2.05) is 31.2 Å². The Kier molecular flexibility index (Phi) is 5.09. The molecule has 4 aromatic rings. The van der Waals surface area contributed by atoms with Crippen LogP contribution in [-0.4, -0.2) is 30.5 Å². The minimum atomic E-state index is -0.478. The second-order valence-corrected chi connectivity index (χ2v) is 7.09. The smallest absolute Gasteiger partial charge is 0.283 e. The number of amides is 1. The predicted octanol–water partition coefficient (Wildman–Crippen LogP) is 2.43. The van der Waals surface area contributed by atoms with E-state index in [-0.39, 0.29) is 12.1 Å². The highest BCUT2D eigenvalue weighted by Crippen LogP contribution is 2.13. The van der Waals surface area contributed by atoms with Gasteiger partial charge in [-0.15, -0.1) is 5.10 Å². The Morgan fingerprint density at radius 1 is 1.13 bits per heavy atom. The Hall–Kier alpha value is -3.88. The zero-order valence-corrected chi connectivity index (χ0v) is 16.5. The lowest BCUT2D eigenvalue weighted by molar-refractivity contribution is -0.116. The number of carbonyl (C=O) groups excluding carboxylic acids is 1. The highest BCUT2D eigenvalue weighted by atomic mass is 19.1. The first-order valence-corrected chi connectivity index (χ1v) is 9.31. The van der Waals surface area contributed by atoms with E-state index in [0.29, 0.717) is 23.4 Å². The van der Waals surface area contributed by atoms with Crippen LogP contribution in [0.15, 0.2) is 53.6 Å². The maximum absolute atomic E-state index is 13.6. The first-order valence-electron chi connectivity index (χ1n) is 9.31. The third kappa shape index (κ3) is 3.95. The summed E-state index contributed by atoms with van der Waals surface area (Å²) in [6, 6.07) is 12.3. The number of hydrogen-bond acceptors (Lipinski definition) is 5. The van der Waals surface area contributed by atoms with Crippen LogP contribution in [0, 0.1) is 19.7 Å². The van der Waals surface area contributed by atoms with E-state index in [2.05, 4.69) is 20.6 Å². The van der Waals surface area contributed by atoms with Gasteiger partial charge in [0.2, 0.25) is 5.91 Å². The number of benzene rings is 2. The first kappa shape index (κ1) is 19.4. The monoisotopic (exact) mass is 406 g/mol. The number of halogens is 1. The predicted molar refractivity (Wildman–Crippen MR) is 110 cm³/mol. The summed E-state index contributed by atoms with van der Waals surface area (Å²) in [6.45, 7) is 3.78. The minimum Gasteiger partial charge on any atom is -0.324 e. The van der Waals surface area contributed by atoms with Gasteiger partial charge in [0.05, 0.1) is 6.54 Å². The summed E-state index contributed by atoms with van der Waals surface area (Å²) in [6.07, 6.45) is 1.29. The van der Waals surface area contributed by atoms with Crippen LogP contribution >= 0.6 is 0 Å². The molecule has 8 nitrogen and oxygen atoms in total. The Morgan fingerprint density at radius 2 is 1.90 bits per heavy atom. The van der Waals surface area contributed by atoms with Gasteiger partial charge in [-0.25, -0.2) is 14.1 Å². The second-order valence-electron chi connectivity index (χ2n) is 7.09. The largest absolute Gasteiger partial charge is 0.324 e. The molecule has 4 rings (SSSR count). The third-order valence-corrected chi connectivity index (χ3v) is 4.71. The molecule has 0 aliphatic rings. The number of aromatic nitrogens is 5. The fourth-order valence-corrected chi connectivity index (χ4v) is 3.00. The summed E-state index contributed by atoms with van der Waals surface area (Å²) in [4.78, 5) is 29.2. The molecular weight excluding hydrogens is 387 g/mol. The second kappa shape index (κ2) is 7.86. The van der Waals surface area contributed by atoms with E-state index in [0.717, 1.165) is 15.7 Å². The summed E-state index contributed by atoms with van der Waals surface area (Å²) >= 11 is 0. The van der Waals surface area contributed by atoms with Crippen molar-refractivity contribution in [1.82, 2.24) is 24.5 Å². The van der Waals surface area contributed by atoms with Gasteiger partial charge in [0.15, 0.2) is 11.2 Å². The van der Waals surface area contributed by atoms with Crippen LogP contribution in [0.25, 0.3) is 11.2 Å². The number of fused-ring (bicyclic) bond motifs is 1. The molecule has 2 aromatic heterocycles. The molecule has 0 saturated heterocycles. The van der Waals surface area contributed by atoms with Crippen molar-refractivity contribution in [3.63, 3.8) is 0 Å². The fraction of sp³-hybridized carbons (Fsp3) is 0.190. The zero-order valence-electron chi connectivity index (χ0n) is 16.5. The van der Waals surface area contributed by atoms with Crippen LogP contribution in [0.2, 0.25) is 0 Å². The van der Waals surface area contributed by atoms with Gasteiger partial charge < -0.3 is 5.32 Å². The molecule has 0 radical (unpaired) electrons. The van der Waals surface area contributed by atoms with E-state index < -0.39 is 17.3 Å². The van der Waals surface area contributed by atoms with Crippen molar-refractivity contribution < 1.29 is 9.18 Å². The van der Waals surface area contributed by atoms with E-state index >= 15 is 0 Å². The standard InChI is InChI=1S/C21H19FN6O2/c1-13-3-6-15(7-4-13)10-28-20-19(25-26-28)21(30)27(12-23-20)11-18(29)24-16-8-5-14(2)17(22)9-16/h3-9,12H,10-11H2,1-2H3,(H,24,29). The number of carbonyl (C=O) groups is 1. The van der Waals surface area contributed by atoms with Gasteiger partial charge in [0, 0.05) is 5.69 Å². The maximum atomic E-state index is 13.6. The topological polar surface area (TPSA) is 94.7 Å². The van der Waals surface area contributed by atoms with E-state index in [1.165, 1.54) is 12.4 Å². The van der Waals surface area contributed by atoms with Gasteiger partial charge in [-0.3, -0.25) is 14.2 Å². The van der Waals surface area contributed by atoms with E-state index in [4.69, 9.17) is 0 Å². The van der Waals surface area contributed by atoms with Crippen LogP contribution in [0.3, 0.4) is 0 Å². The summed E-state index contributed by atoms with van der Waals surface area (Å²) in [5.74, 6) is -0.896. The van der Waals surface area contributed by atoms with Gasteiger partial charge >= 0.3 is 0 Å². The van der Waals surface area contributed by atoms with Crippen molar-refractivity contribution in [1.29, 1.82) is 0 Å². The van der Waals surface area contributed by atoms with Gasteiger partial charge in [-0.2, -0.15) is 0 Å². The summed E-state index contributed by atoms with van der Waals surface area (Å²) in [5, 5.41) is 10.5. The lowest BCUT2D eigenvalue weighted by Gasteiger charge is -2.08. The molecule has 2 aromatic carbocycles. The molecular formula is C21H19FN6O2. The van der Waals surface area contributed by atoms with Crippen LogP contribution in [0.5, 0.6) is 0 Å². The lowest BCUT2D eigenvalue weighted by atomic mass is 10.1. The molecule has 1 N–H and O–H groups in total. The molecule has 0 unspecified atom stereocenters. The highest BCUT2D eigenvalue weighted by molar-refractivity contribution is 5.90. The van der Waals surface area contributed by atoms with Gasteiger partial charge in [0.25, 0.3) is 5.56 Å². The highest BCUT2D eigenvalue weighted by Gasteiger charge is 2.14. The lowest BCUT2D eigenvalue weighted by Crippen LogP contribution is -2.28. The SMILES string of the molecule is Cc1ccc(Cn2nnc3c(=O)n(CC(=O)Nc4ccc(C)c(F)c4)cnc32)cc1. The summed E-state index contributed by atoms with van der Waals surface area (Å²) in [5.41, 5.74) is 2.90. The molecule has 0 bridgehead atoms. The quantitative estimate of drug-likeness (QED) is 0.549. The molecule has 0 aliphatic heterocycles. The Bertz CT molecular complexity index is 1290. The van der Waals surface area contributed by atoms with Gasteiger partial charge in [-0.05, 0) is 37.1 Å². The van der Waals surface area contributed by atoms with E-state index in [9.17, 15) is 14.0 Å². The van der Waals surface area contributed by atoms with Crippen molar-refractivity contribution in [2.75, 3.05) is 5.32 Å². The molecule has 152 valence electrons. The Morgan fingerprint density at radius 3 is 2.63 bits per heavy atom.